The summed E-state index contributed by atoms with van der Waals surface area (Å²) in [6.45, 7) is 6.00. The lowest BCUT2D eigenvalue weighted by molar-refractivity contribution is -0.142. The monoisotopic (exact) mass is 293 g/mol. The van der Waals surface area contributed by atoms with Gasteiger partial charge in [-0.05, 0) is 19.4 Å². The van der Waals surface area contributed by atoms with Gasteiger partial charge in [-0.3, -0.25) is 4.79 Å². The number of benzene rings is 1. The maximum atomic E-state index is 12.3. The lowest BCUT2D eigenvalue weighted by atomic mass is 10.1. The molecule has 0 aromatic heterocycles. The molecular formula is C16H23NO4. The molecule has 1 aromatic rings. The first kappa shape index (κ1) is 15.8. The molecule has 0 radical (unpaired) electrons. The third-order valence-electron chi connectivity index (χ3n) is 3.64. The normalized spacial score (nSPS) is 18.1. The molecule has 21 heavy (non-hydrogen) atoms. The maximum Gasteiger partial charge on any atom is 0.263 e. The van der Waals surface area contributed by atoms with Gasteiger partial charge in [0.2, 0.25) is 0 Å². The molecule has 2 unspecified atom stereocenters. The van der Waals surface area contributed by atoms with Crippen LogP contribution in [0.25, 0.3) is 0 Å². The minimum Gasteiger partial charge on any atom is -0.481 e. The van der Waals surface area contributed by atoms with Crippen LogP contribution in [-0.4, -0.2) is 48.3 Å². The first-order valence-corrected chi connectivity index (χ1v) is 7.43. The van der Waals surface area contributed by atoms with Crippen LogP contribution >= 0.6 is 0 Å². The van der Waals surface area contributed by atoms with Crippen molar-refractivity contribution in [3.05, 3.63) is 29.8 Å². The molecule has 1 N–H and O–H groups in total. The number of carbonyl (C=O) groups excluding carboxylic acids is 1. The molecule has 2 rings (SSSR count). The molecule has 1 aliphatic rings. The van der Waals surface area contributed by atoms with Crippen LogP contribution in [0.5, 0.6) is 5.75 Å². The Hall–Kier alpha value is -1.59. The van der Waals surface area contributed by atoms with Gasteiger partial charge in [0.25, 0.3) is 5.91 Å². The van der Waals surface area contributed by atoms with Crippen molar-refractivity contribution in [1.29, 1.82) is 0 Å². The average molecular weight is 293 g/mol. The van der Waals surface area contributed by atoms with Gasteiger partial charge in [-0.1, -0.05) is 25.1 Å². The van der Waals surface area contributed by atoms with Crippen LogP contribution in [0.15, 0.2) is 24.3 Å². The Morgan fingerprint density at radius 2 is 2.05 bits per heavy atom. The highest BCUT2D eigenvalue weighted by Crippen LogP contribution is 2.27. The number of nitrogens with zero attached hydrogens (tertiary/aromatic N) is 1. The fourth-order valence-corrected chi connectivity index (χ4v) is 2.36. The minimum atomic E-state index is -0.577. The van der Waals surface area contributed by atoms with Crippen LogP contribution in [-0.2, 0) is 9.53 Å². The number of amides is 1. The van der Waals surface area contributed by atoms with Gasteiger partial charge in [0.1, 0.15) is 5.75 Å². The summed E-state index contributed by atoms with van der Waals surface area (Å²) < 4.78 is 11.0. The first-order chi connectivity index (χ1) is 10.1. The number of aliphatic hydroxyl groups excluding tert-OH is 1. The van der Waals surface area contributed by atoms with E-state index in [4.69, 9.17) is 9.47 Å². The second-order valence-electron chi connectivity index (χ2n) is 5.16. The standard InChI is InChI=1S/C16H23NO4/c1-3-14(18)13-6-4-5-7-15(13)21-12(2)16(19)17-8-10-20-11-9-17/h4-7,12,14,18H,3,8-11H2,1-2H3. The Balaban J connectivity index is 2.05. The van der Waals surface area contributed by atoms with Gasteiger partial charge in [0.05, 0.1) is 19.3 Å². The third-order valence-corrected chi connectivity index (χ3v) is 3.64. The molecule has 1 fully saturated rings. The van der Waals surface area contributed by atoms with E-state index in [9.17, 15) is 9.90 Å². The van der Waals surface area contributed by atoms with Crippen LogP contribution in [0.4, 0.5) is 0 Å². The lowest BCUT2D eigenvalue weighted by Gasteiger charge is -2.29. The number of para-hydroxylation sites is 1. The quantitative estimate of drug-likeness (QED) is 0.898. The summed E-state index contributed by atoms with van der Waals surface area (Å²) in [5.74, 6) is 0.528. The molecular weight excluding hydrogens is 270 g/mol. The molecule has 0 spiro atoms. The Morgan fingerprint density at radius 3 is 2.71 bits per heavy atom. The van der Waals surface area contributed by atoms with Crippen LogP contribution in [0.2, 0.25) is 0 Å². The number of hydrogen-bond acceptors (Lipinski definition) is 4. The van der Waals surface area contributed by atoms with E-state index in [2.05, 4.69) is 0 Å². The molecule has 5 nitrogen and oxygen atoms in total. The number of aliphatic hydroxyl groups is 1. The van der Waals surface area contributed by atoms with Crippen molar-refractivity contribution in [2.45, 2.75) is 32.5 Å². The van der Waals surface area contributed by atoms with E-state index < -0.39 is 12.2 Å². The van der Waals surface area contributed by atoms with Gasteiger partial charge in [0, 0.05) is 18.7 Å². The number of carbonyl (C=O) groups is 1. The van der Waals surface area contributed by atoms with Gasteiger partial charge in [-0.2, -0.15) is 0 Å². The zero-order valence-corrected chi connectivity index (χ0v) is 12.6. The zero-order chi connectivity index (χ0) is 15.2. The molecule has 5 heteroatoms. The van der Waals surface area contributed by atoms with E-state index >= 15 is 0 Å². The van der Waals surface area contributed by atoms with Gasteiger partial charge in [-0.15, -0.1) is 0 Å². The van der Waals surface area contributed by atoms with Crippen molar-refractivity contribution in [2.75, 3.05) is 26.3 Å². The zero-order valence-electron chi connectivity index (χ0n) is 12.6. The van der Waals surface area contributed by atoms with Crippen molar-refractivity contribution in [3.8, 4) is 5.75 Å². The second kappa shape index (κ2) is 7.43. The van der Waals surface area contributed by atoms with E-state index in [1.165, 1.54) is 0 Å². The topological polar surface area (TPSA) is 59.0 Å². The molecule has 1 aromatic carbocycles. The summed E-state index contributed by atoms with van der Waals surface area (Å²) in [7, 11) is 0. The van der Waals surface area contributed by atoms with E-state index in [-0.39, 0.29) is 5.91 Å². The van der Waals surface area contributed by atoms with E-state index in [1.54, 1.807) is 17.9 Å². The Bertz CT molecular complexity index is 471. The Morgan fingerprint density at radius 1 is 1.38 bits per heavy atom. The van der Waals surface area contributed by atoms with Crippen LogP contribution in [0, 0.1) is 0 Å². The molecule has 2 atom stereocenters. The average Bonchev–Trinajstić information content (AvgIpc) is 2.54. The summed E-state index contributed by atoms with van der Waals surface area (Å²) in [5.41, 5.74) is 0.724. The van der Waals surface area contributed by atoms with Crippen molar-refractivity contribution >= 4 is 5.91 Å². The SMILES string of the molecule is CCC(O)c1ccccc1OC(C)C(=O)N1CCOCC1. The summed E-state index contributed by atoms with van der Waals surface area (Å²) in [5, 5.41) is 10.0. The van der Waals surface area contributed by atoms with Crippen molar-refractivity contribution < 1.29 is 19.4 Å². The predicted octanol–water partition coefficient (Wildman–Crippen LogP) is 1.76. The molecule has 1 amide bonds. The maximum absolute atomic E-state index is 12.3. The molecule has 1 saturated heterocycles. The number of rotatable bonds is 5. The number of ether oxygens (including phenoxy) is 2. The van der Waals surface area contributed by atoms with Gasteiger partial charge >= 0.3 is 0 Å². The van der Waals surface area contributed by atoms with Gasteiger partial charge < -0.3 is 19.5 Å². The summed E-state index contributed by atoms with van der Waals surface area (Å²) in [6.07, 6.45) is -0.549. The van der Waals surface area contributed by atoms with Crippen LogP contribution in [0.1, 0.15) is 31.9 Å². The predicted molar refractivity (Wildman–Crippen MR) is 79.2 cm³/mol. The molecule has 0 saturated carbocycles. The van der Waals surface area contributed by atoms with Crippen molar-refractivity contribution in [2.24, 2.45) is 0 Å². The highest BCUT2D eigenvalue weighted by molar-refractivity contribution is 5.81. The fraction of sp³-hybridized carbons (Fsp3) is 0.562. The molecule has 1 heterocycles. The third kappa shape index (κ3) is 3.95. The van der Waals surface area contributed by atoms with E-state index in [1.807, 2.05) is 25.1 Å². The Kier molecular flexibility index (Phi) is 5.59. The van der Waals surface area contributed by atoms with Crippen molar-refractivity contribution in [1.82, 2.24) is 4.90 Å². The van der Waals surface area contributed by atoms with Crippen molar-refractivity contribution in [3.63, 3.8) is 0 Å². The Labute approximate surface area is 125 Å². The molecule has 116 valence electrons. The largest absolute Gasteiger partial charge is 0.481 e. The molecule has 0 aliphatic carbocycles. The highest BCUT2D eigenvalue weighted by atomic mass is 16.5. The van der Waals surface area contributed by atoms with E-state index in [0.29, 0.717) is 38.5 Å². The van der Waals surface area contributed by atoms with Crippen LogP contribution in [0.3, 0.4) is 0 Å². The molecule has 0 bridgehead atoms. The second-order valence-corrected chi connectivity index (χ2v) is 5.16. The highest BCUT2D eigenvalue weighted by Gasteiger charge is 2.24. The summed E-state index contributed by atoms with van der Waals surface area (Å²) >= 11 is 0. The summed E-state index contributed by atoms with van der Waals surface area (Å²) in [6, 6.07) is 7.31. The fourth-order valence-electron chi connectivity index (χ4n) is 2.36. The van der Waals surface area contributed by atoms with Gasteiger partial charge in [-0.25, -0.2) is 0 Å². The smallest absolute Gasteiger partial charge is 0.263 e. The van der Waals surface area contributed by atoms with Gasteiger partial charge in [0.15, 0.2) is 6.10 Å². The first-order valence-electron chi connectivity index (χ1n) is 7.43. The lowest BCUT2D eigenvalue weighted by Crippen LogP contribution is -2.46. The number of hydrogen-bond donors (Lipinski definition) is 1. The molecule has 1 aliphatic heterocycles. The minimum absolute atomic E-state index is 0.0425. The van der Waals surface area contributed by atoms with E-state index in [0.717, 1.165) is 5.56 Å². The number of morpholine rings is 1. The van der Waals surface area contributed by atoms with Crippen LogP contribution < -0.4 is 4.74 Å². The summed E-state index contributed by atoms with van der Waals surface area (Å²) in [4.78, 5) is 14.1.